The Bertz CT molecular complexity index is 841. The van der Waals surface area contributed by atoms with E-state index < -0.39 is 0 Å². The summed E-state index contributed by atoms with van der Waals surface area (Å²) in [6, 6.07) is 7.62. The smallest absolute Gasteiger partial charge is 0.259 e. The lowest BCUT2D eigenvalue weighted by atomic mass is 10.2. The first-order valence-corrected chi connectivity index (χ1v) is 7.25. The van der Waals surface area contributed by atoms with Crippen molar-refractivity contribution in [3.63, 3.8) is 0 Å². The molecule has 3 N–H and O–H groups in total. The fourth-order valence-electron chi connectivity index (χ4n) is 2.03. The number of aromatic nitrogens is 2. The molecule has 0 aliphatic carbocycles. The average molecular weight is 298 g/mol. The number of nitrogens with two attached hydrogens (primary N) is 1. The Morgan fingerprint density at radius 1 is 1.29 bits per heavy atom. The van der Waals surface area contributed by atoms with Crippen LogP contribution in [-0.4, -0.2) is 15.9 Å². The van der Waals surface area contributed by atoms with E-state index in [0.29, 0.717) is 22.1 Å². The number of benzene rings is 1. The summed E-state index contributed by atoms with van der Waals surface area (Å²) in [4.78, 5) is 20.8. The van der Waals surface area contributed by atoms with Crippen molar-refractivity contribution < 1.29 is 4.79 Å². The van der Waals surface area contributed by atoms with Crippen LogP contribution in [0, 0.1) is 13.8 Å². The Morgan fingerprint density at radius 2 is 2.10 bits per heavy atom. The van der Waals surface area contributed by atoms with Gasteiger partial charge in [0, 0.05) is 0 Å². The number of nitrogen functional groups attached to an aromatic ring is 1. The Balaban J connectivity index is 1.90. The topological polar surface area (TPSA) is 80.9 Å². The van der Waals surface area contributed by atoms with E-state index in [-0.39, 0.29) is 5.91 Å². The van der Waals surface area contributed by atoms with Crippen molar-refractivity contribution in [2.75, 3.05) is 11.1 Å². The van der Waals surface area contributed by atoms with E-state index in [2.05, 4.69) is 21.4 Å². The van der Waals surface area contributed by atoms with E-state index in [4.69, 9.17) is 5.73 Å². The molecule has 0 aliphatic rings. The molecule has 6 heteroatoms. The Kier molecular flexibility index (Phi) is 3.31. The molecule has 2 heterocycles. The third-order valence-electron chi connectivity index (χ3n) is 3.12. The van der Waals surface area contributed by atoms with Crippen LogP contribution in [0.5, 0.6) is 0 Å². The van der Waals surface area contributed by atoms with Crippen LogP contribution in [0.25, 0.3) is 10.2 Å². The van der Waals surface area contributed by atoms with Gasteiger partial charge < -0.3 is 5.73 Å². The number of rotatable bonds is 2. The number of nitrogens with one attached hydrogen (secondary N) is 1. The van der Waals surface area contributed by atoms with Crippen LogP contribution in [0.1, 0.15) is 21.6 Å². The molecule has 3 rings (SSSR count). The molecule has 106 valence electrons. The molecule has 0 saturated carbocycles. The van der Waals surface area contributed by atoms with Crippen molar-refractivity contribution >= 4 is 38.3 Å². The highest BCUT2D eigenvalue weighted by Gasteiger charge is 2.13. The Morgan fingerprint density at radius 3 is 2.90 bits per heavy atom. The van der Waals surface area contributed by atoms with Crippen LogP contribution in [-0.2, 0) is 0 Å². The maximum absolute atomic E-state index is 12.3. The van der Waals surface area contributed by atoms with Gasteiger partial charge in [0.1, 0.15) is 0 Å². The van der Waals surface area contributed by atoms with Crippen LogP contribution in [0.15, 0.2) is 30.5 Å². The summed E-state index contributed by atoms with van der Waals surface area (Å²) in [5.41, 5.74) is 9.29. The van der Waals surface area contributed by atoms with Gasteiger partial charge in [0.05, 0.1) is 33.4 Å². The lowest BCUT2D eigenvalue weighted by Gasteiger charge is -2.05. The Hall–Kier alpha value is -2.47. The highest BCUT2D eigenvalue weighted by atomic mass is 32.1. The quantitative estimate of drug-likeness (QED) is 0.761. The number of fused-ring (bicyclic) bond motifs is 1. The van der Waals surface area contributed by atoms with Gasteiger partial charge in [-0.25, -0.2) is 4.98 Å². The summed E-state index contributed by atoms with van der Waals surface area (Å²) in [6.45, 7) is 3.80. The number of carbonyl (C=O) groups is 1. The lowest BCUT2D eigenvalue weighted by molar-refractivity contribution is 0.102. The second-order valence-corrected chi connectivity index (χ2v) is 5.88. The van der Waals surface area contributed by atoms with Gasteiger partial charge in [-0.15, -0.1) is 0 Å². The van der Waals surface area contributed by atoms with Gasteiger partial charge in [0.25, 0.3) is 5.91 Å². The second-order valence-electron chi connectivity index (χ2n) is 4.85. The molecule has 0 bridgehead atoms. The zero-order valence-electron chi connectivity index (χ0n) is 11.7. The summed E-state index contributed by atoms with van der Waals surface area (Å²) in [5.74, 6) is -0.247. The van der Waals surface area contributed by atoms with Crippen molar-refractivity contribution in [1.82, 2.24) is 9.97 Å². The van der Waals surface area contributed by atoms with Crippen molar-refractivity contribution in [3.05, 3.63) is 47.3 Å². The first-order chi connectivity index (χ1) is 10.0. The minimum Gasteiger partial charge on any atom is -0.397 e. The van der Waals surface area contributed by atoms with Gasteiger partial charge in [-0.2, -0.15) is 0 Å². The predicted molar refractivity (Wildman–Crippen MR) is 85.7 cm³/mol. The van der Waals surface area contributed by atoms with Gasteiger partial charge >= 0.3 is 0 Å². The number of hydrogen-bond donors (Lipinski definition) is 2. The normalized spacial score (nSPS) is 10.8. The van der Waals surface area contributed by atoms with Crippen molar-refractivity contribution in [2.45, 2.75) is 13.8 Å². The van der Waals surface area contributed by atoms with E-state index in [9.17, 15) is 4.79 Å². The van der Waals surface area contributed by atoms with E-state index in [1.165, 1.54) is 23.1 Å². The van der Waals surface area contributed by atoms with Gasteiger partial charge in [0.15, 0.2) is 5.13 Å². The van der Waals surface area contributed by atoms with E-state index in [0.717, 1.165) is 10.2 Å². The van der Waals surface area contributed by atoms with Crippen molar-refractivity contribution in [1.29, 1.82) is 0 Å². The summed E-state index contributed by atoms with van der Waals surface area (Å²) in [6.07, 6.45) is 1.53. The number of anilines is 2. The number of hydrogen-bond acceptors (Lipinski definition) is 5. The third-order valence-corrected chi connectivity index (χ3v) is 4.05. The SMILES string of the molecule is Cc1ccc2nc(NC(=O)c3cc(N)cnc3C)sc2c1. The summed E-state index contributed by atoms with van der Waals surface area (Å²) in [7, 11) is 0. The zero-order chi connectivity index (χ0) is 15.0. The highest BCUT2D eigenvalue weighted by Crippen LogP contribution is 2.27. The van der Waals surface area contributed by atoms with Crippen LogP contribution < -0.4 is 11.1 Å². The van der Waals surface area contributed by atoms with Crippen LogP contribution in [0.4, 0.5) is 10.8 Å². The zero-order valence-corrected chi connectivity index (χ0v) is 12.5. The lowest BCUT2D eigenvalue weighted by Crippen LogP contribution is -2.14. The first kappa shape index (κ1) is 13.5. The molecule has 2 aromatic heterocycles. The van der Waals surface area contributed by atoms with Crippen LogP contribution in [0.2, 0.25) is 0 Å². The molecule has 0 radical (unpaired) electrons. The molecule has 0 aliphatic heterocycles. The predicted octanol–water partition coefficient (Wildman–Crippen LogP) is 3.14. The van der Waals surface area contributed by atoms with Crippen molar-refractivity contribution in [3.8, 4) is 0 Å². The van der Waals surface area contributed by atoms with Gasteiger partial charge in [-0.3, -0.25) is 15.1 Å². The molecule has 0 atom stereocenters. The molecule has 0 spiro atoms. The molecule has 0 saturated heterocycles. The van der Waals surface area contributed by atoms with E-state index in [1.807, 2.05) is 19.1 Å². The largest absolute Gasteiger partial charge is 0.397 e. The standard InChI is InChI=1S/C15H14N4OS/c1-8-3-4-12-13(5-8)21-15(18-12)19-14(20)11-6-10(16)7-17-9(11)2/h3-7H,16H2,1-2H3,(H,18,19,20). The third kappa shape index (κ3) is 2.71. The molecule has 0 fully saturated rings. The molecule has 1 aromatic carbocycles. The number of aryl methyl sites for hydroxylation is 2. The molecule has 3 aromatic rings. The van der Waals surface area contributed by atoms with Crippen LogP contribution >= 0.6 is 11.3 Å². The monoisotopic (exact) mass is 298 g/mol. The summed E-state index contributed by atoms with van der Waals surface area (Å²) in [5, 5.41) is 3.38. The summed E-state index contributed by atoms with van der Waals surface area (Å²) >= 11 is 1.45. The van der Waals surface area contributed by atoms with Crippen molar-refractivity contribution in [2.24, 2.45) is 0 Å². The number of thiazole rings is 1. The number of carbonyl (C=O) groups excluding carboxylic acids is 1. The summed E-state index contributed by atoms with van der Waals surface area (Å²) < 4.78 is 1.05. The number of nitrogens with zero attached hydrogens (tertiary/aromatic N) is 2. The fraction of sp³-hybridized carbons (Fsp3) is 0.133. The average Bonchev–Trinajstić information content (AvgIpc) is 2.82. The first-order valence-electron chi connectivity index (χ1n) is 6.43. The molecule has 21 heavy (non-hydrogen) atoms. The van der Waals surface area contributed by atoms with Gasteiger partial charge in [-0.1, -0.05) is 17.4 Å². The van der Waals surface area contributed by atoms with Crippen LogP contribution in [0.3, 0.4) is 0 Å². The molecular weight excluding hydrogens is 284 g/mol. The minimum atomic E-state index is -0.247. The number of amides is 1. The number of pyridine rings is 1. The maximum Gasteiger partial charge on any atom is 0.259 e. The van der Waals surface area contributed by atoms with E-state index >= 15 is 0 Å². The molecular formula is C15H14N4OS. The van der Waals surface area contributed by atoms with E-state index in [1.54, 1.807) is 13.0 Å². The Labute approximate surface area is 125 Å². The second kappa shape index (κ2) is 5.14. The molecule has 0 unspecified atom stereocenters. The van der Waals surface area contributed by atoms with Gasteiger partial charge in [-0.05, 0) is 37.6 Å². The fourth-order valence-corrected chi connectivity index (χ4v) is 2.99. The highest BCUT2D eigenvalue weighted by molar-refractivity contribution is 7.22. The maximum atomic E-state index is 12.3. The molecule has 5 nitrogen and oxygen atoms in total. The molecule has 1 amide bonds. The van der Waals surface area contributed by atoms with Gasteiger partial charge in [0.2, 0.25) is 0 Å². The minimum absolute atomic E-state index is 0.247.